The number of fused-ring (bicyclic) bond motifs is 3. The molecule has 1 aliphatic heterocycles. The van der Waals surface area contributed by atoms with Crippen molar-refractivity contribution in [2.75, 3.05) is 15.4 Å². The minimum absolute atomic E-state index is 0.00467. The highest BCUT2D eigenvalue weighted by molar-refractivity contribution is 7.99. The van der Waals surface area contributed by atoms with Gasteiger partial charge in [0.15, 0.2) is 5.16 Å². The smallest absolute Gasteiger partial charge is 0.325 e. The van der Waals surface area contributed by atoms with Crippen molar-refractivity contribution >= 4 is 50.7 Å². The molecule has 7 nitrogen and oxygen atoms in total. The van der Waals surface area contributed by atoms with Gasteiger partial charge in [0.05, 0.1) is 35.4 Å². The minimum atomic E-state index is -4.54. The largest absolute Gasteiger partial charge is 0.416 e. The van der Waals surface area contributed by atoms with Crippen LogP contribution in [-0.2, 0) is 27.5 Å². The Morgan fingerprint density at radius 2 is 1.79 bits per heavy atom. The number of aromatic nitrogens is 2. The second kappa shape index (κ2) is 10.5. The Kier molecular flexibility index (Phi) is 7.27. The van der Waals surface area contributed by atoms with E-state index in [1.54, 1.807) is 18.2 Å². The summed E-state index contributed by atoms with van der Waals surface area (Å²) in [5.41, 5.74) is 0.923. The predicted octanol–water partition coefficient (Wildman–Crippen LogP) is 6.26. The van der Waals surface area contributed by atoms with Gasteiger partial charge in [-0.2, -0.15) is 13.2 Å². The van der Waals surface area contributed by atoms with Crippen LogP contribution in [0.4, 0.5) is 24.5 Å². The van der Waals surface area contributed by atoms with E-state index in [0.29, 0.717) is 16.3 Å². The van der Waals surface area contributed by atoms with Crippen molar-refractivity contribution < 1.29 is 26.4 Å². The Morgan fingerprint density at radius 3 is 2.54 bits per heavy atom. The van der Waals surface area contributed by atoms with Crippen LogP contribution in [0, 0.1) is 0 Å². The lowest BCUT2D eigenvalue weighted by molar-refractivity contribution is -0.137. The molecule has 0 fully saturated rings. The Morgan fingerprint density at radius 1 is 1.03 bits per heavy atom. The lowest BCUT2D eigenvalue weighted by Gasteiger charge is -2.31. The summed E-state index contributed by atoms with van der Waals surface area (Å²) in [6.45, 7) is 0.0868. The molecule has 1 aliphatic rings. The Hall–Kier alpha value is -3.61. The van der Waals surface area contributed by atoms with Crippen molar-refractivity contribution in [2.24, 2.45) is 0 Å². The molecule has 1 N–H and O–H groups in total. The van der Waals surface area contributed by atoms with Crippen molar-refractivity contribution in [1.82, 2.24) is 9.97 Å². The first-order valence-electron chi connectivity index (χ1n) is 11.4. The van der Waals surface area contributed by atoms with Crippen molar-refractivity contribution in [3.8, 4) is 11.3 Å². The van der Waals surface area contributed by atoms with Crippen molar-refractivity contribution in [1.29, 1.82) is 0 Å². The molecule has 39 heavy (non-hydrogen) atoms. The molecule has 2 heterocycles. The molecule has 4 aromatic rings. The van der Waals surface area contributed by atoms with Crippen LogP contribution in [0.15, 0.2) is 89.0 Å². The Labute approximate surface area is 231 Å². The number of nitrogens with zero attached hydrogens (tertiary/aromatic N) is 3. The van der Waals surface area contributed by atoms with E-state index in [2.05, 4.69) is 15.3 Å². The second-order valence-corrected chi connectivity index (χ2v) is 11.6. The average molecular weight is 591 g/mol. The van der Waals surface area contributed by atoms with E-state index in [0.717, 1.165) is 29.5 Å². The van der Waals surface area contributed by atoms with Gasteiger partial charge in [0, 0.05) is 16.3 Å². The van der Waals surface area contributed by atoms with E-state index in [-0.39, 0.29) is 33.7 Å². The molecule has 13 heteroatoms. The maximum Gasteiger partial charge on any atom is 0.416 e. The lowest BCUT2D eigenvalue weighted by Crippen LogP contribution is -2.34. The first kappa shape index (κ1) is 27.0. The zero-order chi connectivity index (χ0) is 27.8. The van der Waals surface area contributed by atoms with Gasteiger partial charge in [-0.25, -0.2) is 18.4 Å². The molecule has 0 spiro atoms. The Bertz CT molecular complexity index is 1670. The molecule has 3 aromatic carbocycles. The van der Waals surface area contributed by atoms with Crippen LogP contribution in [0.5, 0.6) is 0 Å². The number of sulfonamides is 1. The quantitative estimate of drug-likeness (QED) is 0.211. The van der Waals surface area contributed by atoms with Crippen LogP contribution in [0.1, 0.15) is 11.1 Å². The summed E-state index contributed by atoms with van der Waals surface area (Å²) in [6.07, 6.45) is -3.35. The first-order valence-corrected chi connectivity index (χ1v) is 14.2. The van der Waals surface area contributed by atoms with Crippen molar-refractivity contribution in [3.63, 3.8) is 0 Å². The molecule has 0 atom stereocenters. The fourth-order valence-electron chi connectivity index (χ4n) is 3.99. The molecular formula is C26H18ClF3N4O3S2. The van der Waals surface area contributed by atoms with Gasteiger partial charge in [-0.1, -0.05) is 59.8 Å². The third kappa shape index (κ3) is 5.72. The van der Waals surface area contributed by atoms with Gasteiger partial charge in [0.25, 0.3) is 10.0 Å². The summed E-state index contributed by atoms with van der Waals surface area (Å²) in [6, 6.07) is 18.2. The van der Waals surface area contributed by atoms with Crippen LogP contribution in [0.3, 0.4) is 0 Å². The number of carbonyl (C=O) groups is 1. The van der Waals surface area contributed by atoms with Crippen LogP contribution >= 0.6 is 23.4 Å². The fourth-order valence-corrected chi connectivity index (χ4v) is 6.34. The van der Waals surface area contributed by atoms with Crippen LogP contribution < -0.4 is 9.62 Å². The highest BCUT2D eigenvalue weighted by atomic mass is 35.5. The van der Waals surface area contributed by atoms with Crippen LogP contribution in [0.25, 0.3) is 11.3 Å². The fraction of sp³-hybridized carbons (Fsp3) is 0.115. The Balaban J connectivity index is 1.39. The molecule has 0 saturated heterocycles. The molecule has 5 rings (SSSR count). The molecule has 0 radical (unpaired) electrons. The van der Waals surface area contributed by atoms with E-state index < -0.39 is 27.7 Å². The van der Waals surface area contributed by atoms with Crippen molar-refractivity contribution in [3.05, 3.63) is 95.1 Å². The number of anilines is 2. The van der Waals surface area contributed by atoms with Gasteiger partial charge >= 0.3 is 6.18 Å². The average Bonchev–Trinajstić information content (AvgIpc) is 2.90. The van der Waals surface area contributed by atoms with Gasteiger partial charge in [0.2, 0.25) is 5.91 Å². The number of benzene rings is 3. The van der Waals surface area contributed by atoms with E-state index in [1.807, 2.05) is 30.3 Å². The summed E-state index contributed by atoms with van der Waals surface area (Å²) >= 11 is 7.16. The van der Waals surface area contributed by atoms with Gasteiger partial charge in [-0.3, -0.25) is 9.10 Å². The number of nitrogens with one attached hydrogen (secondary N) is 1. The summed E-state index contributed by atoms with van der Waals surface area (Å²) in [4.78, 5) is 20.9. The molecule has 1 aromatic heterocycles. The van der Waals surface area contributed by atoms with Gasteiger partial charge in [-0.05, 0) is 42.0 Å². The van der Waals surface area contributed by atoms with Crippen LogP contribution in [-0.4, -0.2) is 30.0 Å². The summed E-state index contributed by atoms with van der Waals surface area (Å²) < 4.78 is 67.3. The molecule has 0 unspecified atom stereocenters. The second-order valence-electron chi connectivity index (χ2n) is 8.44. The number of rotatable bonds is 6. The van der Waals surface area contributed by atoms with E-state index >= 15 is 0 Å². The third-order valence-corrected chi connectivity index (χ3v) is 8.62. The lowest BCUT2D eigenvalue weighted by atomic mass is 10.1. The highest BCUT2D eigenvalue weighted by Crippen LogP contribution is 2.44. The van der Waals surface area contributed by atoms with E-state index in [4.69, 9.17) is 11.6 Å². The molecular weight excluding hydrogens is 573 g/mol. The predicted molar refractivity (Wildman–Crippen MR) is 143 cm³/mol. The van der Waals surface area contributed by atoms with E-state index in [9.17, 15) is 26.4 Å². The monoisotopic (exact) mass is 590 g/mol. The highest BCUT2D eigenvalue weighted by Gasteiger charge is 2.37. The molecule has 1 amide bonds. The number of hydrogen-bond donors (Lipinski definition) is 1. The molecule has 0 aliphatic carbocycles. The zero-order valence-electron chi connectivity index (χ0n) is 19.8. The zero-order valence-corrected chi connectivity index (χ0v) is 22.2. The SMILES string of the molecule is O=C(CSc1ncc2c(n1)-c1cc(Cl)ccc1N(Cc1ccccc1)S2(=O)=O)Nc1cccc(C(F)(F)F)c1. The number of alkyl halides is 3. The summed E-state index contributed by atoms with van der Waals surface area (Å²) in [5, 5.41) is 2.91. The van der Waals surface area contributed by atoms with Gasteiger partial charge in [-0.15, -0.1) is 0 Å². The number of halogens is 4. The van der Waals surface area contributed by atoms with E-state index in [1.165, 1.54) is 22.6 Å². The van der Waals surface area contributed by atoms with Gasteiger partial charge < -0.3 is 5.32 Å². The number of amides is 1. The van der Waals surface area contributed by atoms with Crippen molar-refractivity contribution in [2.45, 2.75) is 22.8 Å². The van der Waals surface area contributed by atoms with Gasteiger partial charge in [0.1, 0.15) is 4.90 Å². The third-order valence-electron chi connectivity index (χ3n) is 5.76. The molecule has 0 saturated carbocycles. The minimum Gasteiger partial charge on any atom is -0.325 e. The molecule has 0 bridgehead atoms. The standard InChI is InChI=1S/C26H18ClF3N4O3S2/c27-18-9-10-21-20(12-18)24-22(39(36,37)34(21)14-16-5-2-1-3-6-16)13-31-25(33-24)38-15-23(35)32-19-8-4-7-17(11-19)26(28,29)30/h1-13H,14-15H2,(H,32,35). The number of hydrogen-bond acceptors (Lipinski definition) is 6. The normalized spacial score (nSPS) is 13.9. The van der Waals surface area contributed by atoms with Crippen LogP contribution in [0.2, 0.25) is 5.02 Å². The number of carbonyl (C=O) groups excluding carboxylic acids is 1. The first-order chi connectivity index (χ1) is 18.5. The maximum absolute atomic E-state index is 13.6. The number of thioether (sulfide) groups is 1. The molecule has 200 valence electrons. The topological polar surface area (TPSA) is 92.3 Å². The summed E-state index contributed by atoms with van der Waals surface area (Å²) in [7, 11) is -4.03. The maximum atomic E-state index is 13.6. The summed E-state index contributed by atoms with van der Waals surface area (Å²) in [5.74, 6) is -0.796.